The van der Waals surface area contributed by atoms with E-state index in [9.17, 15) is 4.79 Å². The quantitative estimate of drug-likeness (QED) is 0.884. The molecule has 0 aliphatic carbocycles. The summed E-state index contributed by atoms with van der Waals surface area (Å²) in [7, 11) is 0. The summed E-state index contributed by atoms with van der Waals surface area (Å²) < 4.78 is 0. The van der Waals surface area contributed by atoms with Crippen molar-refractivity contribution in [3.8, 4) is 0 Å². The zero-order valence-corrected chi connectivity index (χ0v) is 11.4. The first-order valence-corrected chi connectivity index (χ1v) is 6.33. The molecule has 0 amide bonds. The van der Waals surface area contributed by atoms with E-state index in [4.69, 9.17) is 28.3 Å². The monoisotopic (exact) mass is 295 g/mol. The second-order valence-electron chi connectivity index (χ2n) is 3.99. The summed E-state index contributed by atoms with van der Waals surface area (Å²) in [5, 5.41) is 13.1. The molecule has 2 rings (SSSR count). The third-order valence-electron chi connectivity index (χ3n) is 2.59. The van der Waals surface area contributed by atoms with Crippen molar-refractivity contribution in [1.29, 1.82) is 0 Å². The number of nitrogens with one attached hydrogen (secondary N) is 1. The third kappa shape index (κ3) is 3.63. The molecule has 0 bridgehead atoms. The van der Waals surface area contributed by atoms with E-state index in [0.717, 1.165) is 11.3 Å². The second-order valence-corrected chi connectivity index (χ2v) is 4.80. The Morgan fingerprint density at radius 1 is 1.11 bits per heavy atom. The highest BCUT2D eigenvalue weighted by atomic mass is 35.5. The van der Waals surface area contributed by atoms with Crippen LogP contribution in [0.4, 0.5) is 5.69 Å². The Bertz CT molecular complexity index is 614. The van der Waals surface area contributed by atoms with Gasteiger partial charge in [0.05, 0.1) is 15.6 Å². The molecule has 0 unspecified atom stereocenters. The number of halogens is 2. The Morgan fingerprint density at radius 2 is 1.89 bits per heavy atom. The smallest absolute Gasteiger partial charge is 0.335 e. The van der Waals surface area contributed by atoms with Gasteiger partial charge in [-0.3, -0.25) is 0 Å². The highest BCUT2D eigenvalue weighted by molar-refractivity contribution is 6.42. The van der Waals surface area contributed by atoms with Gasteiger partial charge in [0, 0.05) is 12.2 Å². The van der Waals surface area contributed by atoms with Crippen LogP contribution in [0.1, 0.15) is 15.9 Å². The van der Waals surface area contributed by atoms with Gasteiger partial charge >= 0.3 is 5.97 Å². The van der Waals surface area contributed by atoms with Crippen LogP contribution < -0.4 is 5.32 Å². The fourth-order valence-electron chi connectivity index (χ4n) is 1.62. The number of carbonyl (C=O) groups is 1. The fourth-order valence-corrected chi connectivity index (χ4v) is 1.94. The summed E-state index contributed by atoms with van der Waals surface area (Å²) in [5.74, 6) is -0.946. The molecule has 0 aromatic heterocycles. The van der Waals surface area contributed by atoms with Crippen LogP contribution in [0.2, 0.25) is 10.0 Å². The molecule has 2 aromatic rings. The average molecular weight is 296 g/mol. The lowest BCUT2D eigenvalue weighted by Crippen LogP contribution is -2.02. The molecule has 3 nitrogen and oxygen atoms in total. The molecule has 0 aliphatic rings. The lowest BCUT2D eigenvalue weighted by Gasteiger charge is -2.08. The van der Waals surface area contributed by atoms with Gasteiger partial charge in [-0.25, -0.2) is 4.79 Å². The van der Waals surface area contributed by atoms with Gasteiger partial charge in [-0.15, -0.1) is 0 Å². The van der Waals surface area contributed by atoms with Crippen molar-refractivity contribution < 1.29 is 9.90 Å². The van der Waals surface area contributed by atoms with Crippen LogP contribution in [0.25, 0.3) is 0 Å². The number of anilines is 1. The van der Waals surface area contributed by atoms with Crippen molar-refractivity contribution in [3.05, 3.63) is 63.6 Å². The maximum atomic E-state index is 10.8. The van der Waals surface area contributed by atoms with E-state index in [1.165, 1.54) is 0 Å². The van der Waals surface area contributed by atoms with Crippen molar-refractivity contribution in [2.24, 2.45) is 0 Å². The number of aromatic carboxylic acids is 1. The van der Waals surface area contributed by atoms with Gasteiger partial charge in [0.25, 0.3) is 0 Å². The van der Waals surface area contributed by atoms with Gasteiger partial charge in [-0.2, -0.15) is 0 Å². The summed E-state index contributed by atoms with van der Waals surface area (Å²) in [5.41, 5.74) is 1.96. The summed E-state index contributed by atoms with van der Waals surface area (Å²) in [4.78, 5) is 10.8. The molecule has 0 heterocycles. The van der Waals surface area contributed by atoms with Crippen molar-refractivity contribution in [3.63, 3.8) is 0 Å². The van der Waals surface area contributed by atoms with Crippen molar-refractivity contribution >= 4 is 34.9 Å². The number of carboxylic acids is 1. The van der Waals surface area contributed by atoms with Crippen LogP contribution in [0, 0.1) is 0 Å². The van der Waals surface area contributed by atoms with Gasteiger partial charge in [0.1, 0.15) is 0 Å². The van der Waals surface area contributed by atoms with E-state index in [1.807, 2.05) is 12.1 Å². The molecule has 0 atom stereocenters. The van der Waals surface area contributed by atoms with E-state index >= 15 is 0 Å². The van der Waals surface area contributed by atoms with E-state index in [1.54, 1.807) is 30.3 Å². The first-order valence-electron chi connectivity index (χ1n) is 5.57. The Balaban J connectivity index is 2.07. The molecule has 0 saturated heterocycles. The Morgan fingerprint density at radius 3 is 2.58 bits per heavy atom. The lowest BCUT2D eigenvalue weighted by atomic mass is 10.2. The number of carboxylic acid groups (broad SMARTS) is 1. The molecule has 0 fully saturated rings. The fraction of sp³-hybridized carbons (Fsp3) is 0.0714. The topological polar surface area (TPSA) is 49.3 Å². The largest absolute Gasteiger partial charge is 0.478 e. The zero-order valence-electron chi connectivity index (χ0n) is 9.86. The molecule has 5 heteroatoms. The highest BCUT2D eigenvalue weighted by Crippen LogP contribution is 2.23. The molecule has 0 spiro atoms. The maximum absolute atomic E-state index is 10.8. The molecule has 0 aliphatic heterocycles. The lowest BCUT2D eigenvalue weighted by molar-refractivity contribution is 0.0697. The van der Waals surface area contributed by atoms with E-state index < -0.39 is 5.97 Å². The van der Waals surface area contributed by atoms with E-state index in [-0.39, 0.29) is 5.56 Å². The number of hydrogen-bond donors (Lipinski definition) is 2. The molecular weight excluding hydrogens is 285 g/mol. The van der Waals surface area contributed by atoms with Crippen molar-refractivity contribution in [1.82, 2.24) is 0 Å². The van der Waals surface area contributed by atoms with Crippen LogP contribution in [0.5, 0.6) is 0 Å². The van der Waals surface area contributed by atoms with Crippen LogP contribution in [0.15, 0.2) is 42.5 Å². The third-order valence-corrected chi connectivity index (χ3v) is 3.33. The second kappa shape index (κ2) is 5.95. The molecular formula is C14H11Cl2NO2. The van der Waals surface area contributed by atoms with Crippen molar-refractivity contribution in [2.45, 2.75) is 6.54 Å². The minimum atomic E-state index is -0.946. The van der Waals surface area contributed by atoms with Crippen LogP contribution in [-0.4, -0.2) is 11.1 Å². The molecule has 2 N–H and O–H groups in total. The summed E-state index contributed by atoms with van der Waals surface area (Å²) in [6, 6.07) is 12.0. The van der Waals surface area contributed by atoms with Gasteiger partial charge in [0.2, 0.25) is 0 Å². The minimum absolute atomic E-state index is 0.249. The summed E-state index contributed by atoms with van der Waals surface area (Å²) in [6.07, 6.45) is 0. The Hall–Kier alpha value is -1.71. The SMILES string of the molecule is O=C(O)c1cccc(NCc2ccc(Cl)c(Cl)c2)c1. The summed E-state index contributed by atoms with van der Waals surface area (Å²) >= 11 is 11.8. The standard InChI is InChI=1S/C14H11Cl2NO2/c15-12-5-4-9(6-13(12)16)8-17-11-3-1-2-10(7-11)14(18)19/h1-7,17H,8H2,(H,18,19). The molecule has 98 valence electrons. The molecule has 19 heavy (non-hydrogen) atoms. The number of hydrogen-bond acceptors (Lipinski definition) is 2. The molecule has 0 saturated carbocycles. The summed E-state index contributed by atoms with van der Waals surface area (Å²) in [6.45, 7) is 0.542. The van der Waals surface area contributed by atoms with Gasteiger partial charge in [-0.05, 0) is 35.9 Å². The number of rotatable bonds is 4. The van der Waals surface area contributed by atoms with E-state index in [0.29, 0.717) is 16.6 Å². The predicted octanol–water partition coefficient (Wildman–Crippen LogP) is 4.30. The molecule has 2 aromatic carbocycles. The Labute approximate surface area is 120 Å². The average Bonchev–Trinajstić information content (AvgIpc) is 2.40. The first-order chi connectivity index (χ1) is 9.06. The van der Waals surface area contributed by atoms with Crippen LogP contribution >= 0.6 is 23.2 Å². The van der Waals surface area contributed by atoms with Gasteiger partial charge in [-0.1, -0.05) is 35.3 Å². The van der Waals surface area contributed by atoms with Gasteiger partial charge < -0.3 is 10.4 Å². The maximum Gasteiger partial charge on any atom is 0.335 e. The van der Waals surface area contributed by atoms with E-state index in [2.05, 4.69) is 5.32 Å². The highest BCUT2D eigenvalue weighted by Gasteiger charge is 2.03. The van der Waals surface area contributed by atoms with Crippen LogP contribution in [-0.2, 0) is 6.54 Å². The zero-order chi connectivity index (χ0) is 13.8. The van der Waals surface area contributed by atoms with Crippen molar-refractivity contribution in [2.75, 3.05) is 5.32 Å². The van der Waals surface area contributed by atoms with Gasteiger partial charge in [0.15, 0.2) is 0 Å². The Kier molecular flexibility index (Phi) is 4.30. The normalized spacial score (nSPS) is 10.2. The minimum Gasteiger partial charge on any atom is -0.478 e. The number of benzene rings is 2. The van der Waals surface area contributed by atoms with Crippen LogP contribution in [0.3, 0.4) is 0 Å². The predicted molar refractivity (Wildman–Crippen MR) is 77.2 cm³/mol. The molecule has 0 radical (unpaired) electrons. The first kappa shape index (κ1) is 13.7.